The Kier molecular flexibility index (Phi) is 5.15. The van der Waals surface area contributed by atoms with Crippen LogP contribution < -0.4 is 0 Å². The second-order valence-electron chi connectivity index (χ2n) is 6.65. The summed E-state index contributed by atoms with van der Waals surface area (Å²) in [6, 6.07) is 9.00. The first kappa shape index (κ1) is 18.9. The Hall–Kier alpha value is -2.92. The molecule has 7 nitrogen and oxygen atoms in total. The van der Waals surface area contributed by atoms with Crippen LogP contribution in [0.5, 0.6) is 0 Å². The minimum Gasteiger partial charge on any atom is -0.332 e. The summed E-state index contributed by atoms with van der Waals surface area (Å²) in [7, 11) is -3.56. The average molecular weight is 384 g/mol. The largest absolute Gasteiger partial charge is 0.332 e. The fourth-order valence-electron chi connectivity index (χ4n) is 2.91. The number of fused-ring (bicyclic) bond motifs is 1. The molecule has 1 aromatic rings. The van der Waals surface area contributed by atoms with Crippen LogP contribution in [-0.2, 0) is 21.4 Å². The van der Waals surface area contributed by atoms with Crippen molar-refractivity contribution in [1.82, 2.24) is 9.80 Å². The van der Waals surface area contributed by atoms with Gasteiger partial charge in [-0.2, -0.15) is 5.26 Å². The van der Waals surface area contributed by atoms with Gasteiger partial charge in [-0.1, -0.05) is 12.1 Å². The van der Waals surface area contributed by atoms with Crippen LogP contribution >= 0.6 is 0 Å². The summed E-state index contributed by atoms with van der Waals surface area (Å²) in [5.41, 5.74) is 1.71. The molecule has 1 aromatic carbocycles. The zero-order valence-corrected chi connectivity index (χ0v) is 16.0. The van der Waals surface area contributed by atoms with Gasteiger partial charge in [-0.25, -0.2) is 8.42 Å². The van der Waals surface area contributed by atoms with Crippen LogP contribution in [0, 0.1) is 11.3 Å². The summed E-state index contributed by atoms with van der Waals surface area (Å²) < 4.78 is 27.6. The first-order chi connectivity index (χ1) is 12.8. The van der Waals surface area contributed by atoms with E-state index in [2.05, 4.69) is 10.5 Å². The Labute approximate surface area is 159 Å². The molecule has 140 valence electrons. The lowest BCUT2D eigenvalue weighted by Crippen LogP contribution is -2.45. The number of nitrogens with zero attached hydrogens (tertiary/aromatic N) is 4. The molecule has 2 aliphatic heterocycles. The van der Waals surface area contributed by atoms with Gasteiger partial charge >= 0.3 is 0 Å². The van der Waals surface area contributed by atoms with Crippen molar-refractivity contribution < 1.29 is 13.2 Å². The van der Waals surface area contributed by atoms with Gasteiger partial charge in [0.15, 0.2) is 5.84 Å². The number of sulfonamides is 1. The third kappa shape index (κ3) is 4.09. The molecule has 2 aliphatic rings. The number of amides is 1. The standard InChI is InChI=1S/C19H20N4O3S/c1-14(2)23(13-16-7-5-15(12-20)6-8-16)19(24)17-4-3-9-22-10-11-27(25,26)21-18(17)22/h3-9,14H,10-11,13H2,1-2H3. The number of amidine groups is 1. The van der Waals surface area contributed by atoms with Gasteiger partial charge < -0.3 is 9.80 Å². The number of carbonyl (C=O) groups is 1. The lowest BCUT2D eigenvalue weighted by molar-refractivity contribution is -0.128. The minimum absolute atomic E-state index is 0.0680. The van der Waals surface area contributed by atoms with Gasteiger partial charge in [0.2, 0.25) is 0 Å². The second kappa shape index (κ2) is 7.37. The summed E-state index contributed by atoms with van der Waals surface area (Å²) >= 11 is 0. The van der Waals surface area contributed by atoms with E-state index in [0.717, 1.165) is 5.56 Å². The number of rotatable bonds is 4. The molecule has 0 atom stereocenters. The molecule has 0 spiro atoms. The highest BCUT2D eigenvalue weighted by Crippen LogP contribution is 2.21. The quantitative estimate of drug-likeness (QED) is 0.789. The van der Waals surface area contributed by atoms with Crippen LogP contribution in [-0.4, -0.2) is 48.3 Å². The highest BCUT2D eigenvalue weighted by molar-refractivity contribution is 7.90. The maximum Gasteiger partial charge on any atom is 0.258 e. The van der Waals surface area contributed by atoms with Crippen LogP contribution in [0.25, 0.3) is 0 Å². The van der Waals surface area contributed by atoms with Crippen molar-refractivity contribution in [2.75, 3.05) is 12.3 Å². The molecule has 0 aromatic heterocycles. The van der Waals surface area contributed by atoms with Crippen LogP contribution in [0.4, 0.5) is 0 Å². The van der Waals surface area contributed by atoms with Gasteiger partial charge in [-0.3, -0.25) is 4.79 Å². The smallest absolute Gasteiger partial charge is 0.258 e. The Morgan fingerprint density at radius 1 is 1.33 bits per heavy atom. The first-order valence-electron chi connectivity index (χ1n) is 8.59. The number of allylic oxidation sites excluding steroid dienone is 2. The molecule has 0 saturated heterocycles. The van der Waals surface area contributed by atoms with E-state index in [1.807, 2.05) is 26.0 Å². The molecule has 0 unspecified atom stereocenters. The fraction of sp³-hybridized carbons (Fsp3) is 0.316. The minimum atomic E-state index is -3.56. The molecule has 27 heavy (non-hydrogen) atoms. The van der Waals surface area contributed by atoms with E-state index in [1.54, 1.807) is 40.3 Å². The predicted molar refractivity (Wildman–Crippen MR) is 102 cm³/mol. The van der Waals surface area contributed by atoms with E-state index in [0.29, 0.717) is 12.1 Å². The van der Waals surface area contributed by atoms with Crippen LogP contribution in [0.1, 0.15) is 25.0 Å². The van der Waals surface area contributed by atoms with Gasteiger partial charge in [0.1, 0.15) is 0 Å². The first-order valence-corrected chi connectivity index (χ1v) is 10.2. The molecule has 0 bridgehead atoms. The molecular formula is C19H20N4O3S. The monoisotopic (exact) mass is 384 g/mol. The Bertz CT molecular complexity index is 983. The van der Waals surface area contributed by atoms with E-state index < -0.39 is 10.0 Å². The van der Waals surface area contributed by atoms with Crippen molar-refractivity contribution in [2.45, 2.75) is 26.4 Å². The maximum atomic E-state index is 13.2. The van der Waals surface area contributed by atoms with E-state index in [1.165, 1.54) is 0 Å². The number of benzene rings is 1. The molecule has 0 saturated carbocycles. The van der Waals surface area contributed by atoms with Crippen molar-refractivity contribution in [3.05, 3.63) is 59.3 Å². The van der Waals surface area contributed by atoms with Crippen LogP contribution in [0.2, 0.25) is 0 Å². The van der Waals surface area contributed by atoms with Crippen molar-refractivity contribution >= 4 is 21.8 Å². The van der Waals surface area contributed by atoms with E-state index in [9.17, 15) is 13.2 Å². The summed E-state index contributed by atoms with van der Waals surface area (Å²) in [4.78, 5) is 16.6. The number of carbonyl (C=O) groups excluding carboxylic acids is 1. The average Bonchev–Trinajstić information content (AvgIpc) is 2.64. The number of hydrogen-bond acceptors (Lipinski definition) is 5. The van der Waals surface area contributed by atoms with Crippen LogP contribution in [0.3, 0.4) is 0 Å². The Morgan fingerprint density at radius 3 is 2.67 bits per heavy atom. The molecule has 0 N–H and O–H groups in total. The van der Waals surface area contributed by atoms with Crippen molar-refractivity contribution in [3.8, 4) is 6.07 Å². The topological polar surface area (TPSA) is 93.8 Å². The lowest BCUT2D eigenvalue weighted by atomic mass is 10.1. The molecule has 0 radical (unpaired) electrons. The zero-order valence-electron chi connectivity index (χ0n) is 15.2. The van der Waals surface area contributed by atoms with E-state index in [4.69, 9.17) is 5.26 Å². The predicted octanol–water partition coefficient (Wildman–Crippen LogP) is 1.79. The zero-order chi connectivity index (χ0) is 19.6. The van der Waals surface area contributed by atoms with Crippen LogP contribution in [0.15, 0.2) is 52.6 Å². The summed E-state index contributed by atoms with van der Waals surface area (Å²) in [5.74, 6) is -0.166. The summed E-state index contributed by atoms with van der Waals surface area (Å²) in [6.07, 6.45) is 5.06. The normalized spacial score (nSPS) is 17.6. The van der Waals surface area contributed by atoms with Gasteiger partial charge in [-0.15, -0.1) is 4.40 Å². The van der Waals surface area contributed by atoms with Gasteiger partial charge in [-0.05, 0) is 43.7 Å². The molecule has 2 heterocycles. The lowest BCUT2D eigenvalue weighted by Gasteiger charge is -2.33. The molecule has 8 heteroatoms. The van der Waals surface area contributed by atoms with Gasteiger partial charge in [0.05, 0.1) is 23.0 Å². The molecular weight excluding hydrogens is 364 g/mol. The van der Waals surface area contributed by atoms with E-state index in [-0.39, 0.29) is 35.7 Å². The fourth-order valence-corrected chi connectivity index (χ4v) is 3.89. The SMILES string of the molecule is CC(C)N(Cc1ccc(C#N)cc1)C(=O)C1=CC=CN2CCS(=O)(=O)N=C12. The highest BCUT2D eigenvalue weighted by atomic mass is 32.2. The van der Waals surface area contributed by atoms with Crippen molar-refractivity contribution in [2.24, 2.45) is 4.40 Å². The highest BCUT2D eigenvalue weighted by Gasteiger charge is 2.32. The van der Waals surface area contributed by atoms with E-state index >= 15 is 0 Å². The maximum absolute atomic E-state index is 13.2. The third-order valence-corrected chi connectivity index (χ3v) is 5.56. The second-order valence-corrected chi connectivity index (χ2v) is 8.41. The summed E-state index contributed by atoms with van der Waals surface area (Å²) in [6.45, 7) is 4.43. The number of nitriles is 1. The Balaban J connectivity index is 1.90. The van der Waals surface area contributed by atoms with Gasteiger partial charge in [0.25, 0.3) is 15.9 Å². The molecule has 0 fully saturated rings. The summed E-state index contributed by atoms with van der Waals surface area (Å²) in [5, 5.41) is 8.91. The van der Waals surface area contributed by atoms with Crippen molar-refractivity contribution in [3.63, 3.8) is 0 Å². The molecule has 1 amide bonds. The Morgan fingerprint density at radius 2 is 2.04 bits per heavy atom. The molecule has 0 aliphatic carbocycles. The number of hydrogen-bond donors (Lipinski definition) is 0. The van der Waals surface area contributed by atoms with Crippen molar-refractivity contribution in [1.29, 1.82) is 5.26 Å². The third-order valence-electron chi connectivity index (χ3n) is 4.41. The molecule has 3 rings (SSSR count). The van der Waals surface area contributed by atoms with Gasteiger partial charge in [0, 0.05) is 25.3 Å².